The summed E-state index contributed by atoms with van der Waals surface area (Å²) in [5, 5.41) is 6.70. The molecule has 6 heteroatoms. The number of methoxy groups -OCH3 is 1. The molecule has 146 valence electrons. The predicted octanol–water partition coefficient (Wildman–Crippen LogP) is 3.25. The molecule has 2 amide bonds. The van der Waals surface area contributed by atoms with Crippen LogP contribution in [-0.2, 0) is 11.3 Å². The standard InChI is InChI=1S/C22H25N3O3/c1-14(2)20(22(27)23-13-15-8-10-17(28-3)11-9-15)25-21(26)19-12-16-6-4-5-7-18(16)24-19/h4-12,14,20,24H,13H2,1-3H3,(H,23,27)(H,25,26). The second kappa shape index (κ2) is 8.61. The lowest BCUT2D eigenvalue weighted by Gasteiger charge is -2.21. The number of hydrogen-bond donors (Lipinski definition) is 3. The average molecular weight is 379 g/mol. The minimum absolute atomic E-state index is 0.0517. The summed E-state index contributed by atoms with van der Waals surface area (Å²) in [4.78, 5) is 28.4. The summed E-state index contributed by atoms with van der Waals surface area (Å²) in [5.74, 6) is 0.203. The summed E-state index contributed by atoms with van der Waals surface area (Å²) in [6.07, 6.45) is 0. The number of carbonyl (C=O) groups excluding carboxylic acids is 2. The van der Waals surface area contributed by atoms with Crippen molar-refractivity contribution >= 4 is 22.7 Å². The third-order valence-corrected chi connectivity index (χ3v) is 4.64. The quantitative estimate of drug-likeness (QED) is 0.589. The molecule has 0 spiro atoms. The van der Waals surface area contributed by atoms with Crippen molar-refractivity contribution < 1.29 is 14.3 Å². The van der Waals surface area contributed by atoms with E-state index in [1.165, 1.54) is 0 Å². The fraction of sp³-hybridized carbons (Fsp3) is 0.273. The molecule has 0 saturated carbocycles. The van der Waals surface area contributed by atoms with Gasteiger partial charge in [-0.25, -0.2) is 0 Å². The molecular weight excluding hydrogens is 354 g/mol. The fourth-order valence-corrected chi connectivity index (χ4v) is 2.99. The van der Waals surface area contributed by atoms with Crippen molar-refractivity contribution in [2.75, 3.05) is 7.11 Å². The van der Waals surface area contributed by atoms with Gasteiger partial charge in [0.25, 0.3) is 5.91 Å². The first kappa shape index (κ1) is 19.5. The second-order valence-corrected chi connectivity index (χ2v) is 7.03. The molecule has 1 heterocycles. The molecule has 0 fully saturated rings. The van der Waals surface area contributed by atoms with E-state index in [-0.39, 0.29) is 17.7 Å². The lowest BCUT2D eigenvalue weighted by Crippen LogP contribution is -2.49. The molecule has 3 aromatic rings. The van der Waals surface area contributed by atoms with Crippen LogP contribution in [-0.4, -0.2) is 29.9 Å². The number of aromatic nitrogens is 1. The molecule has 0 saturated heterocycles. The minimum atomic E-state index is -0.628. The second-order valence-electron chi connectivity index (χ2n) is 7.03. The van der Waals surface area contributed by atoms with Crippen molar-refractivity contribution in [3.63, 3.8) is 0 Å². The summed E-state index contributed by atoms with van der Waals surface area (Å²) in [6, 6.07) is 16.3. The van der Waals surface area contributed by atoms with Crippen molar-refractivity contribution in [3.05, 3.63) is 65.9 Å². The summed E-state index contributed by atoms with van der Waals surface area (Å²) in [5.41, 5.74) is 2.28. The zero-order chi connectivity index (χ0) is 20.1. The van der Waals surface area contributed by atoms with E-state index in [0.717, 1.165) is 22.2 Å². The van der Waals surface area contributed by atoms with E-state index in [9.17, 15) is 9.59 Å². The normalized spacial score (nSPS) is 12.0. The van der Waals surface area contributed by atoms with E-state index < -0.39 is 6.04 Å². The van der Waals surface area contributed by atoms with Gasteiger partial charge in [0.15, 0.2) is 0 Å². The highest BCUT2D eigenvalue weighted by Crippen LogP contribution is 2.15. The molecule has 0 bridgehead atoms. The average Bonchev–Trinajstić information content (AvgIpc) is 3.14. The number of ether oxygens (including phenoxy) is 1. The van der Waals surface area contributed by atoms with Crippen LogP contribution in [0.3, 0.4) is 0 Å². The van der Waals surface area contributed by atoms with E-state index in [0.29, 0.717) is 12.2 Å². The Bertz CT molecular complexity index is 928. The molecule has 3 N–H and O–H groups in total. The van der Waals surface area contributed by atoms with Crippen LogP contribution in [0.15, 0.2) is 54.6 Å². The molecule has 6 nitrogen and oxygen atoms in total. The monoisotopic (exact) mass is 379 g/mol. The Kier molecular flexibility index (Phi) is 5.99. The van der Waals surface area contributed by atoms with Crippen LogP contribution in [0.1, 0.15) is 29.9 Å². The molecular formula is C22H25N3O3. The molecule has 0 aliphatic heterocycles. The van der Waals surface area contributed by atoms with E-state index in [2.05, 4.69) is 15.6 Å². The summed E-state index contributed by atoms with van der Waals surface area (Å²) >= 11 is 0. The van der Waals surface area contributed by atoms with Crippen LogP contribution in [0, 0.1) is 5.92 Å². The van der Waals surface area contributed by atoms with Gasteiger partial charge in [-0.05, 0) is 35.7 Å². The van der Waals surface area contributed by atoms with E-state index in [1.54, 1.807) is 13.2 Å². The topological polar surface area (TPSA) is 83.2 Å². The Morgan fingerprint density at radius 2 is 1.79 bits per heavy atom. The number of benzene rings is 2. The molecule has 1 atom stereocenters. The van der Waals surface area contributed by atoms with Crippen molar-refractivity contribution in [2.45, 2.75) is 26.4 Å². The van der Waals surface area contributed by atoms with Gasteiger partial charge < -0.3 is 20.4 Å². The first-order valence-corrected chi connectivity index (χ1v) is 9.27. The molecule has 3 rings (SSSR count). The Morgan fingerprint density at radius 1 is 1.07 bits per heavy atom. The van der Waals surface area contributed by atoms with E-state index in [1.807, 2.05) is 62.4 Å². The Labute approximate surface area is 164 Å². The lowest BCUT2D eigenvalue weighted by molar-refractivity contribution is -0.124. The Hall–Kier alpha value is -3.28. The minimum Gasteiger partial charge on any atom is -0.497 e. The number of aromatic amines is 1. The highest BCUT2D eigenvalue weighted by Gasteiger charge is 2.25. The van der Waals surface area contributed by atoms with Gasteiger partial charge >= 0.3 is 0 Å². The van der Waals surface area contributed by atoms with Crippen LogP contribution in [0.4, 0.5) is 0 Å². The largest absolute Gasteiger partial charge is 0.497 e. The highest BCUT2D eigenvalue weighted by molar-refractivity contribution is 6.00. The summed E-state index contributed by atoms with van der Waals surface area (Å²) < 4.78 is 5.13. The number of amides is 2. The van der Waals surface area contributed by atoms with Crippen molar-refractivity contribution in [2.24, 2.45) is 5.92 Å². The maximum Gasteiger partial charge on any atom is 0.268 e. The molecule has 1 unspecified atom stereocenters. The van der Waals surface area contributed by atoms with Gasteiger partial charge in [-0.3, -0.25) is 9.59 Å². The summed E-state index contributed by atoms with van der Waals surface area (Å²) in [6.45, 7) is 4.19. The number of fused-ring (bicyclic) bond motifs is 1. The van der Waals surface area contributed by atoms with Crippen LogP contribution < -0.4 is 15.4 Å². The molecule has 28 heavy (non-hydrogen) atoms. The third kappa shape index (κ3) is 4.52. The maximum atomic E-state index is 12.7. The van der Waals surface area contributed by atoms with Gasteiger partial charge in [-0.15, -0.1) is 0 Å². The first-order chi connectivity index (χ1) is 13.5. The van der Waals surface area contributed by atoms with Crippen LogP contribution in [0.2, 0.25) is 0 Å². The molecule has 0 aliphatic rings. The smallest absolute Gasteiger partial charge is 0.268 e. The van der Waals surface area contributed by atoms with Gasteiger partial charge in [0.2, 0.25) is 5.91 Å². The van der Waals surface area contributed by atoms with Gasteiger partial charge in [-0.2, -0.15) is 0 Å². The Balaban J connectivity index is 1.64. The van der Waals surface area contributed by atoms with Gasteiger partial charge in [0, 0.05) is 17.4 Å². The van der Waals surface area contributed by atoms with Crippen molar-refractivity contribution in [1.82, 2.24) is 15.6 Å². The van der Waals surface area contributed by atoms with Gasteiger partial charge in [0.05, 0.1) is 7.11 Å². The summed E-state index contributed by atoms with van der Waals surface area (Å²) in [7, 11) is 1.61. The van der Waals surface area contributed by atoms with Gasteiger partial charge in [-0.1, -0.05) is 44.2 Å². The SMILES string of the molecule is COc1ccc(CNC(=O)C(NC(=O)c2cc3ccccc3[nH]2)C(C)C)cc1. The van der Waals surface area contributed by atoms with Crippen LogP contribution in [0.5, 0.6) is 5.75 Å². The van der Waals surface area contributed by atoms with E-state index in [4.69, 9.17) is 4.74 Å². The van der Waals surface area contributed by atoms with Crippen molar-refractivity contribution in [1.29, 1.82) is 0 Å². The van der Waals surface area contributed by atoms with Crippen molar-refractivity contribution in [3.8, 4) is 5.75 Å². The number of rotatable bonds is 7. The molecule has 2 aromatic carbocycles. The third-order valence-electron chi connectivity index (χ3n) is 4.64. The first-order valence-electron chi connectivity index (χ1n) is 9.27. The molecule has 0 radical (unpaired) electrons. The zero-order valence-electron chi connectivity index (χ0n) is 16.3. The van der Waals surface area contributed by atoms with E-state index >= 15 is 0 Å². The lowest BCUT2D eigenvalue weighted by atomic mass is 10.0. The number of carbonyl (C=O) groups is 2. The number of hydrogen-bond acceptors (Lipinski definition) is 3. The zero-order valence-corrected chi connectivity index (χ0v) is 16.3. The van der Waals surface area contributed by atoms with Crippen LogP contribution >= 0.6 is 0 Å². The predicted molar refractivity (Wildman–Crippen MR) is 109 cm³/mol. The highest BCUT2D eigenvalue weighted by atomic mass is 16.5. The molecule has 1 aromatic heterocycles. The maximum absolute atomic E-state index is 12.7. The van der Waals surface area contributed by atoms with Gasteiger partial charge in [0.1, 0.15) is 17.5 Å². The van der Waals surface area contributed by atoms with Crippen LogP contribution in [0.25, 0.3) is 10.9 Å². The number of para-hydroxylation sites is 1. The molecule has 0 aliphatic carbocycles. The Morgan fingerprint density at radius 3 is 2.43 bits per heavy atom. The number of nitrogens with one attached hydrogen (secondary N) is 3. The fourth-order valence-electron chi connectivity index (χ4n) is 2.99. The number of H-pyrrole nitrogens is 1.